The number of urea groups is 1. The van der Waals surface area contributed by atoms with Gasteiger partial charge in [-0.3, -0.25) is 0 Å². The molecule has 1 aliphatic rings. The zero-order valence-electron chi connectivity index (χ0n) is 15.1. The van der Waals surface area contributed by atoms with Crippen LogP contribution in [0.2, 0.25) is 0 Å². The van der Waals surface area contributed by atoms with Crippen LogP contribution in [-0.4, -0.2) is 41.7 Å². The van der Waals surface area contributed by atoms with Gasteiger partial charge in [-0.2, -0.15) is 22.0 Å². The number of carbonyl (C=O) groups is 1. The van der Waals surface area contributed by atoms with Gasteiger partial charge in [-0.25, -0.2) is 4.79 Å². The molecule has 0 unspecified atom stereocenters. The maximum Gasteiger partial charge on any atom is 0.416 e. The predicted octanol–water partition coefficient (Wildman–Crippen LogP) is 4.99. The van der Waals surface area contributed by atoms with E-state index in [1.165, 1.54) is 17.0 Å². The van der Waals surface area contributed by atoms with Crippen LogP contribution in [0.25, 0.3) is 0 Å². The summed E-state index contributed by atoms with van der Waals surface area (Å²) in [6.45, 7) is 0.0935. The Bertz CT molecular complexity index is 789. The Morgan fingerprint density at radius 1 is 1.17 bits per heavy atom. The first-order valence-electron chi connectivity index (χ1n) is 8.58. The highest BCUT2D eigenvalue weighted by atomic mass is 32.2. The molecule has 158 valence electrons. The van der Waals surface area contributed by atoms with Crippen LogP contribution < -0.4 is 5.32 Å². The van der Waals surface area contributed by atoms with Crippen molar-refractivity contribution < 1.29 is 26.7 Å². The van der Waals surface area contributed by atoms with Crippen LogP contribution in [0.1, 0.15) is 18.4 Å². The number of allylic oxidation sites excluding steroid dienone is 2. The zero-order valence-corrected chi connectivity index (χ0v) is 15.9. The summed E-state index contributed by atoms with van der Waals surface area (Å²) < 4.78 is 67.5. The Hall–Kier alpha value is -2.43. The Labute approximate surface area is 168 Å². The maximum absolute atomic E-state index is 14.6. The maximum atomic E-state index is 14.6. The minimum atomic E-state index is -4.61. The molecule has 0 radical (unpaired) electrons. The van der Waals surface area contributed by atoms with E-state index in [-0.39, 0.29) is 48.3 Å². The number of likely N-dealkylation sites (tertiary alicyclic amines) is 1. The summed E-state index contributed by atoms with van der Waals surface area (Å²) in [5.41, 5.74) is -0.887. The van der Waals surface area contributed by atoms with Crippen LogP contribution in [0.5, 0.6) is 0 Å². The van der Waals surface area contributed by atoms with E-state index >= 15 is 0 Å². The topological polar surface area (TPSA) is 80.0 Å². The molecular formula is C18H19F5N4OS. The third-order valence-electron chi connectivity index (χ3n) is 4.34. The molecule has 0 aliphatic carbocycles. The summed E-state index contributed by atoms with van der Waals surface area (Å²) in [5.74, 6) is -1.09. The molecule has 1 aliphatic heterocycles. The van der Waals surface area contributed by atoms with Crippen molar-refractivity contribution in [1.29, 1.82) is 10.8 Å². The predicted molar refractivity (Wildman–Crippen MR) is 101 cm³/mol. The molecule has 3 N–H and O–H groups in total. The summed E-state index contributed by atoms with van der Waals surface area (Å²) in [4.78, 5) is 13.3. The largest absolute Gasteiger partial charge is 0.416 e. The molecular weight excluding hydrogens is 415 g/mol. The van der Waals surface area contributed by atoms with Gasteiger partial charge in [0.1, 0.15) is 0 Å². The normalized spacial score (nSPS) is 16.4. The second-order valence-corrected chi connectivity index (χ2v) is 7.53. The molecule has 0 saturated carbocycles. The molecule has 1 fully saturated rings. The van der Waals surface area contributed by atoms with Crippen molar-refractivity contribution >= 4 is 30.2 Å². The highest BCUT2D eigenvalue weighted by Crippen LogP contribution is 2.46. The van der Waals surface area contributed by atoms with Crippen LogP contribution in [0, 0.1) is 16.7 Å². The number of benzene rings is 1. The fourth-order valence-corrected chi connectivity index (χ4v) is 3.86. The first-order valence-corrected chi connectivity index (χ1v) is 9.39. The van der Waals surface area contributed by atoms with Gasteiger partial charge in [-0.1, -0.05) is 17.8 Å². The van der Waals surface area contributed by atoms with Crippen molar-refractivity contribution in [3.63, 3.8) is 0 Å². The molecule has 0 atom stereocenters. The summed E-state index contributed by atoms with van der Waals surface area (Å²) >= 11 is 0.0969. The van der Waals surface area contributed by atoms with Crippen molar-refractivity contribution in [3.8, 4) is 0 Å². The number of piperidine rings is 1. The van der Waals surface area contributed by atoms with Crippen molar-refractivity contribution in [3.05, 3.63) is 41.6 Å². The van der Waals surface area contributed by atoms with Crippen molar-refractivity contribution in [1.82, 2.24) is 10.2 Å². The Kier molecular flexibility index (Phi) is 7.39. The first kappa shape index (κ1) is 22.9. The number of nitrogens with zero attached hydrogens (tertiary/aromatic N) is 1. The van der Waals surface area contributed by atoms with E-state index in [2.05, 4.69) is 5.32 Å². The van der Waals surface area contributed by atoms with Gasteiger partial charge in [-0.15, -0.1) is 0 Å². The van der Waals surface area contributed by atoms with E-state index in [0.717, 1.165) is 24.6 Å². The van der Waals surface area contributed by atoms with E-state index < -0.39 is 28.9 Å². The Morgan fingerprint density at radius 2 is 1.83 bits per heavy atom. The number of halogens is 5. The Balaban J connectivity index is 1.97. The summed E-state index contributed by atoms with van der Waals surface area (Å²) in [5, 5.41) is 13.2. The van der Waals surface area contributed by atoms with Gasteiger partial charge in [0.15, 0.2) is 0 Å². The van der Waals surface area contributed by atoms with Crippen LogP contribution in [0.15, 0.2) is 40.9 Å². The molecule has 0 bridgehead atoms. The number of rotatable bonds is 6. The number of thioether (sulfide) groups is 1. The minimum Gasteiger partial charge on any atom is -0.325 e. The van der Waals surface area contributed by atoms with Gasteiger partial charge in [0, 0.05) is 36.3 Å². The van der Waals surface area contributed by atoms with Crippen LogP contribution in [0.4, 0.5) is 26.7 Å². The molecule has 29 heavy (non-hydrogen) atoms. The summed E-state index contributed by atoms with van der Waals surface area (Å²) in [7, 11) is 0. The molecule has 1 saturated heterocycles. The number of nitrogens with one attached hydrogen (secondary N) is 3. The van der Waals surface area contributed by atoms with Gasteiger partial charge in [0.05, 0.1) is 11.3 Å². The van der Waals surface area contributed by atoms with Gasteiger partial charge >= 0.3 is 17.5 Å². The molecule has 11 heteroatoms. The average Bonchev–Trinajstić information content (AvgIpc) is 2.67. The fourth-order valence-electron chi connectivity index (χ4n) is 2.81. The van der Waals surface area contributed by atoms with Gasteiger partial charge < -0.3 is 21.0 Å². The van der Waals surface area contributed by atoms with E-state index in [1.807, 2.05) is 0 Å². The quantitative estimate of drug-likeness (QED) is 0.335. The number of hydrogen-bond acceptors (Lipinski definition) is 4. The second-order valence-electron chi connectivity index (χ2n) is 6.31. The standard InChI is InChI=1S/C18H19F5N4OS/c19-17(20,21)13-2-1-3-15(10-13)29-18(22,23)12-5-8-27(9-6-12)16(28)26-14(11-25)4-7-24/h1-4,7,10-12,24-25H,5-6,8-9H2,(H,26,28)/b14-4+,24-7?,25-11?. The third-order valence-corrected chi connectivity index (χ3v) is 5.44. The molecule has 2 rings (SSSR count). The van der Waals surface area contributed by atoms with Gasteiger partial charge in [0.2, 0.25) is 0 Å². The number of alkyl halides is 5. The lowest BCUT2D eigenvalue weighted by Gasteiger charge is -2.35. The van der Waals surface area contributed by atoms with Crippen molar-refractivity contribution in [2.24, 2.45) is 5.92 Å². The van der Waals surface area contributed by atoms with Crippen molar-refractivity contribution in [2.45, 2.75) is 29.2 Å². The molecule has 1 heterocycles. The second kappa shape index (κ2) is 9.38. The van der Waals surface area contributed by atoms with Gasteiger partial charge in [0.25, 0.3) is 0 Å². The SMILES string of the molecule is N=C/C=C(\C=N)NC(=O)N1CCC(C(F)(F)Sc2cccc(C(F)(F)F)c2)CC1. The summed E-state index contributed by atoms with van der Waals surface area (Å²) in [6, 6.07) is 3.28. The fraction of sp³-hybridized carbons (Fsp3) is 0.389. The molecule has 5 nitrogen and oxygen atoms in total. The van der Waals surface area contributed by atoms with Gasteiger partial charge in [-0.05, 0) is 37.1 Å². The average molecular weight is 434 g/mol. The first-order chi connectivity index (χ1) is 13.6. The highest BCUT2D eigenvalue weighted by molar-refractivity contribution is 8.00. The van der Waals surface area contributed by atoms with Crippen LogP contribution in [0.3, 0.4) is 0 Å². The number of hydrogen-bond donors (Lipinski definition) is 3. The molecule has 0 aromatic heterocycles. The third kappa shape index (κ3) is 6.28. The lowest BCUT2D eigenvalue weighted by atomic mass is 9.97. The van der Waals surface area contributed by atoms with E-state index in [9.17, 15) is 26.7 Å². The number of carbonyl (C=O) groups excluding carboxylic acids is 1. The number of amides is 2. The molecule has 0 spiro atoms. The minimum absolute atomic E-state index is 0.0133. The zero-order chi connectivity index (χ0) is 21.7. The molecule has 2 amide bonds. The van der Waals surface area contributed by atoms with Crippen LogP contribution >= 0.6 is 11.8 Å². The Morgan fingerprint density at radius 3 is 2.38 bits per heavy atom. The van der Waals surface area contributed by atoms with Crippen LogP contribution in [-0.2, 0) is 6.18 Å². The highest BCUT2D eigenvalue weighted by Gasteiger charge is 2.43. The molecule has 1 aromatic rings. The molecule has 1 aromatic carbocycles. The summed E-state index contributed by atoms with van der Waals surface area (Å²) in [6.07, 6.45) is -1.67. The lowest BCUT2D eigenvalue weighted by Crippen LogP contribution is -2.46. The lowest BCUT2D eigenvalue weighted by molar-refractivity contribution is -0.137. The van der Waals surface area contributed by atoms with E-state index in [1.54, 1.807) is 0 Å². The van der Waals surface area contributed by atoms with Crippen molar-refractivity contribution in [2.75, 3.05) is 13.1 Å². The monoisotopic (exact) mass is 434 g/mol. The van der Waals surface area contributed by atoms with E-state index in [0.29, 0.717) is 6.07 Å². The van der Waals surface area contributed by atoms with E-state index in [4.69, 9.17) is 10.8 Å². The smallest absolute Gasteiger partial charge is 0.325 e.